The molecule has 136 valence electrons. The first-order valence-electron chi connectivity index (χ1n) is 7.36. The Kier molecular flexibility index (Phi) is 5.21. The fourth-order valence-corrected chi connectivity index (χ4v) is 4.47. The monoisotopic (exact) mass is 409 g/mol. The summed E-state index contributed by atoms with van der Waals surface area (Å²) < 4.78 is 49.9. The number of sulfonamides is 2. The third-order valence-electron chi connectivity index (χ3n) is 3.60. The van der Waals surface area contributed by atoms with Gasteiger partial charge >= 0.3 is 0 Å². The zero-order chi connectivity index (χ0) is 18.8. The molecule has 0 saturated heterocycles. The Morgan fingerprint density at radius 2 is 1.69 bits per heavy atom. The Morgan fingerprint density at radius 1 is 1.00 bits per heavy atom. The standard InChI is InChI=1S/C16H15N3O4S3/c17-25(20,21)14-3-5-15(6-4-14)26(22,23)19-10-12-2-1-8-18-16(12)13-7-9-24-11-13/h1-9,11,19H,10H2,(H2,17,20,21). The first-order valence-corrected chi connectivity index (χ1v) is 11.3. The Hall–Kier alpha value is -2.11. The van der Waals surface area contributed by atoms with Gasteiger partial charge in [0, 0.05) is 23.7 Å². The van der Waals surface area contributed by atoms with Gasteiger partial charge in [0.15, 0.2) is 0 Å². The van der Waals surface area contributed by atoms with E-state index in [4.69, 9.17) is 5.14 Å². The fraction of sp³-hybridized carbons (Fsp3) is 0.0625. The highest BCUT2D eigenvalue weighted by molar-refractivity contribution is 7.89. The number of nitrogens with two attached hydrogens (primary N) is 1. The van der Waals surface area contributed by atoms with E-state index < -0.39 is 20.0 Å². The molecule has 0 aliphatic rings. The maximum atomic E-state index is 12.5. The summed E-state index contributed by atoms with van der Waals surface area (Å²) in [7, 11) is -7.69. The summed E-state index contributed by atoms with van der Waals surface area (Å²) in [6.45, 7) is 0.0539. The van der Waals surface area contributed by atoms with Gasteiger partial charge in [0.2, 0.25) is 20.0 Å². The Bertz CT molecular complexity index is 1110. The van der Waals surface area contributed by atoms with Gasteiger partial charge in [-0.15, -0.1) is 0 Å². The number of pyridine rings is 1. The van der Waals surface area contributed by atoms with Gasteiger partial charge in [-0.3, -0.25) is 4.98 Å². The number of thiophene rings is 1. The number of hydrogen-bond acceptors (Lipinski definition) is 6. The molecule has 0 unspecified atom stereocenters. The molecule has 0 saturated carbocycles. The lowest BCUT2D eigenvalue weighted by molar-refractivity contribution is 0.580. The first kappa shape index (κ1) is 18.7. The van der Waals surface area contributed by atoms with E-state index in [1.807, 2.05) is 16.8 Å². The van der Waals surface area contributed by atoms with Crippen LogP contribution in [0.25, 0.3) is 11.3 Å². The van der Waals surface area contributed by atoms with Gasteiger partial charge in [0.25, 0.3) is 0 Å². The van der Waals surface area contributed by atoms with Crippen LogP contribution in [0.5, 0.6) is 0 Å². The summed E-state index contributed by atoms with van der Waals surface area (Å²) in [4.78, 5) is 4.12. The summed E-state index contributed by atoms with van der Waals surface area (Å²) in [5.41, 5.74) is 2.36. The number of nitrogens with zero attached hydrogens (tertiary/aromatic N) is 1. The first-order chi connectivity index (χ1) is 12.3. The average Bonchev–Trinajstić information content (AvgIpc) is 3.14. The van der Waals surface area contributed by atoms with Crippen LogP contribution < -0.4 is 9.86 Å². The molecule has 0 aliphatic carbocycles. The van der Waals surface area contributed by atoms with Gasteiger partial charge in [-0.05, 0) is 47.3 Å². The zero-order valence-electron chi connectivity index (χ0n) is 13.4. The molecule has 26 heavy (non-hydrogen) atoms. The lowest BCUT2D eigenvalue weighted by Crippen LogP contribution is -2.24. The van der Waals surface area contributed by atoms with Crippen molar-refractivity contribution in [2.24, 2.45) is 5.14 Å². The van der Waals surface area contributed by atoms with E-state index in [0.29, 0.717) is 5.69 Å². The van der Waals surface area contributed by atoms with Crippen molar-refractivity contribution >= 4 is 31.4 Å². The Morgan fingerprint density at radius 3 is 2.31 bits per heavy atom. The normalized spacial score (nSPS) is 12.2. The van der Waals surface area contributed by atoms with Crippen molar-refractivity contribution in [1.29, 1.82) is 0 Å². The van der Waals surface area contributed by atoms with E-state index in [-0.39, 0.29) is 16.3 Å². The summed E-state index contributed by atoms with van der Waals surface area (Å²) in [6.07, 6.45) is 1.65. The third-order valence-corrected chi connectivity index (χ3v) is 6.63. The van der Waals surface area contributed by atoms with Crippen molar-refractivity contribution in [3.63, 3.8) is 0 Å². The molecule has 3 N–H and O–H groups in total. The molecular weight excluding hydrogens is 394 g/mol. The lowest BCUT2D eigenvalue weighted by atomic mass is 10.1. The summed E-state index contributed by atoms with van der Waals surface area (Å²) in [5.74, 6) is 0. The van der Waals surface area contributed by atoms with Crippen LogP contribution >= 0.6 is 11.3 Å². The van der Waals surface area contributed by atoms with Gasteiger partial charge in [0.05, 0.1) is 15.5 Å². The van der Waals surface area contributed by atoms with Crippen molar-refractivity contribution in [2.45, 2.75) is 16.3 Å². The lowest BCUT2D eigenvalue weighted by Gasteiger charge is -2.10. The van der Waals surface area contributed by atoms with Crippen LogP contribution in [0, 0.1) is 0 Å². The van der Waals surface area contributed by atoms with Gasteiger partial charge in [0.1, 0.15) is 0 Å². The number of aromatic nitrogens is 1. The predicted octanol–water partition coefficient (Wildman–Crippen LogP) is 1.94. The smallest absolute Gasteiger partial charge is 0.240 e. The van der Waals surface area contributed by atoms with Crippen LogP contribution in [0.2, 0.25) is 0 Å². The Balaban J connectivity index is 1.82. The van der Waals surface area contributed by atoms with Crippen molar-refractivity contribution in [3.05, 3.63) is 65.0 Å². The number of nitrogens with one attached hydrogen (secondary N) is 1. The second-order valence-corrected chi connectivity index (χ2v) is 9.47. The highest BCUT2D eigenvalue weighted by atomic mass is 32.2. The topological polar surface area (TPSA) is 119 Å². The molecule has 0 aliphatic heterocycles. The highest BCUT2D eigenvalue weighted by Gasteiger charge is 2.17. The van der Waals surface area contributed by atoms with E-state index in [1.54, 1.807) is 18.3 Å². The molecule has 0 amide bonds. The maximum Gasteiger partial charge on any atom is 0.240 e. The van der Waals surface area contributed by atoms with E-state index in [9.17, 15) is 16.8 Å². The van der Waals surface area contributed by atoms with Gasteiger partial charge in [-0.2, -0.15) is 11.3 Å². The van der Waals surface area contributed by atoms with E-state index in [2.05, 4.69) is 9.71 Å². The molecule has 10 heteroatoms. The van der Waals surface area contributed by atoms with E-state index in [0.717, 1.165) is 23.3 Å². The maximum absolute atomic E-state index is 12.5. The number of rotatable bonds is 6. The Labute approximate surface area is 155 Å². The highest BCUT2D eigenvalue weighted by Crippen LogP contribution is 2.24. The van der Waals surface area contributed by atoms with Gasteiger partial charge < -0.3 is 0 Å². The van der Waals surface area contributed by atoms with E-state index >= 15 is 0 Å². The number of hydrogen-bond donors (Lipinski definition) is 2. The van der Waals surface area contributed by atoms with Crippen LogP contribution in [0.4, 0.5) is 0 Å². The molecule has 0 atom stereocenters. The van der Waals surface area contributed by atoms with Crippen molar-refractivity contribution in [2.75, 3.05) is 0 Å². The molecule has 3 rings (SSSR count). The molecular formula is C16H15N3O4S3. The summed E-state index contributed by atoms with van der Waals surface area (Å²) >= 11 is 1.53. The third kappa shape index (κ3) is 4.17. The molecule has 0 radical (unpaired) electrons. The van der Waals surface area contributed by atoms with Crippen LogP contribution in [0.15, 0.2) is 69.2 Å². The molecule has 2 heterocycles. The SMILES string of the molecule is NS(=O)(=O)c1ccc(S(=O)(=O)NCc2cccnc2-c2ccsc2)cc1. The zero-order valence-corrected chi connectivity index (χ0v) is 15.8. The molecule has 2 aromatic heterocycles. The molecule has 7 nitrogen and oxygen atoms in total. The van der Waals surface area contributed by atoms with Gasteiger partial charge in [-0.25, -0.2) is 26.7 Å². The van der Waals surface area contributed by atoms with Crippen molar-refractivity contribution in [1.82, 2.24) is 9.71 Å². The average molecular weight is 410 g/mol. The second-order valence-electron chi connectivity index (χ2n) is 5.36. The van der Waals surface area contributed by atoms with Crippen molar-refractivity contribution in [3.8, 4) is 11.3 Å². The van der Waals surface area contributed by atoms with Crippen LogP contribution in [0.1, 0.15) is 5.56 Å². The molecule has 1 aromatic carbocycles. The largest absolute Gasteiger partial charge is 0.256 e. The van der Waals surface area contributed by atoms with Crippen LogP contribution in [0.3, 0.4) is 0 Å². The van der Waals surface area contributed by atoms with E-state index in [1.165, 1.54) is 23.5 Å². The summed E-state index contributed by atoms with van der Waals surface area (Å²) in [5, 5.41) is 8.87. The number of primary sulfonamides is 1. The fourth-order valence-electron chi connectivity index (χ4n) is 2.30. The quantitative estimate of drug-likeness (QED) is 0.645. The van der Waals surface area contributed by atoms with Crippen molar-refractivity contribution < 1.29 is 16.8 Å². The molecule has 3 aromatic rings. The van der Waals surface area contributed by atoms with Gasteiger partial charge in [-0.1, -0.05) is 6.07 Å². The molecule has 0 spiro atoms. The minimum Gasteiger partial charge on any atom is -0.256 e. The molecule has 0 fully saturated rings. The predicted molar refractivity (Wildman–Crippen MR) is 99.4 cm³/mol. The summed E-state index contributed by atoms with van der Waals surface area (Å²) in [6, 6.07) is 10.2. The second kappa shape index (κ2) is 7.25. The number of benzene rings is 1. The van der Waals surface area contributed by atoms with Crippen LogP contribution in [-0.4, -0.2) is 21.8 Å². The minimum atomic E-state index is -3.87. The van der Waals surface area contributed by atoms with Crippen LogP contribution in [-0.2, 0) is 26.6 Å². The minimum absolute atomic E-state index is 0.0501. The molecule has 0 bridgehead atoms.